The molecule has 0 radical (unpaired) electrons. The van der Waals surface area contributed by atoms with E-state index in [4.69, 9.17) is 4.74 Å². The molecule has 1 amide bonds. The molecule has 14 heavy (non-hydrogen) atoms. The predicted octanol–water partition coefficient (Wildman–Crippen LogP) is 1.22. The van der Waals surface area contributed by atoms with Crippen LogP contribution in [-0.4, -0.2) is 36.2 Å². The minimum absolute atomic E-state index is 0.262. The molecule has 0 spiro atoms. The van der Waals surface area contributed by atoms with Crippen molar-refractivity contribution < 1.29 is 22.7 Å². The number of ether oxygens (including phenoxy) is 1. The lowest BCUT2D eigenvalue weighted by Gasteiger charge is -2.28. The topological polar surface area (TPSA) is 38.3 Å². The summed E-state index contributed by atoms with van der Waals surface area (Å²) >= 11 is 3.14. The molecule has 0 aromatic rings. The van der Waals surface area contributed by atoms with Crippen LogP contribution in [-0.2, 0) is 9.53 Å². The Morgan fingerprint density at radius 1 is 1.50 bits per heavy atom. The number of rotatable bonds is 1. The molecule has 0 saturated carbocycles. The van der Waals surface area contributed by atoms with E-state index in [-0.39, 0.29) is 4.83 Å². The Kier molecular flexibility index (Phi) is 3.77. The van der Waals surface area contributed by atoms with Crippen molar-refractivity contribution in [3.05, 3.63) is 0 Å². The predicted molar refractivity (Wildman–Crippen MR) is 46.1 cm³/mol. The van der Waals surface area contributed by atoms with E-state index in [0.717, 1.165) is 0 Å². The lowest BCUT2D eigenvalue weighted by atomic mass is 10.1. The molecule has 0 aliphatic carbocycles. The summed E-state index contributed by atoms with van der Waals surface area (Å²) in [6, 6.07) is -0.516. The van der Waals surface area contributed by atoms with E-state index < -0.39 is 18.1 Å². The second-order valence-corrected chi connectivity index (χ2v) is 4.13. The fourth-order valence-corrected chi connectivity index (χ4v) is 1.70. The molecule has 2 atom stereocenters. The van der Waals surface area contributed by atoms with Gasteiger partial charge in [0, 0.05) is 12.6 Å². The molecule has 1 heterocycles. The van der Waals surface area contributed by atoms with E-state index in [0.29, 0.717) is 19.6 Å². The highest BCUT2D eigenvalue weighted by Crippen LogP contribution is 2.19. The van der Waals surface area contributed by atoms with Crippen LogP contribution in [0.25, 0.3) is 0 Å². The summed E-state index contributed by atoms with van der Waals surface area (Å²) < 4.78 is 40.6. The molecule has 1 fully saturated rings. The highest BCUT2D eigenvalue weighted by atomic mass is 79.9. The standard InChI is InChI=1S/C7H9BrF3NO2/c8-4-3-14-2-1-5(4)12-6(13)7(9,10)11/h4-5H,1-3H2,(H,12,13). The number of alkyl halides is 4. The largest absolute Gasteiger partial charge is 0.471 e. The van der Waals surface area contributed by atoms with E-state index in [1.807, 2.05) is 5.32 Å². The lowest BCUT2D eigenvalue weighted by Crippen LogP contribution is -2.50. The van der Waals surface area contributed by atoms with Gasteiger partial charge in [-0.1, -0.05) is 15.9 Å². The van der Waals surface area contributed by atoms with E-state index in [2.05, 4.69) is 15.9 Å². The molecule has 0 bridgehead atoms. The molecule has 7 heteroatoms. The molecular weight excluding hydrogens is 267 g/mol. The first-order chi connectivity index (χ1) is 6.41. The molecule has 1 saturated heterocycles. The molecule has 1 aliphatic rings. The third kappa shape index (κ3) is 3.13. The number of carbonyl (C=O) groups excluding carboxylic acids is 1. The third-order valence-corrected chi connectivity index (χ3v) is 2.76. The van der Waals surface area contributed by atoms with Gasteiger partial charge in [-0.2, -0.15) is 13.2 Å². The van der Waals surface area contributed by atoms with Crippen LogP contribution in [0.15, 0.2) is 0 Å². The number of hydrogen-bond donors (Lipinski definition) is 1. The van der Waals surface area contributed by atoms with Crippen molar-refractivity contribution in [2.45, 2.75) is 23.5 Å². The van der Waals surface area contributed by atoms with E-state index in [9.17, 15) is 18.0 Å². The number of halogens is 4. The molecule has 1 N–H and O–H groups in total. The maximum atomic E-state index is 11.9. The van der Waals surface area contributed by atoms with Gasteiger partial charge >= 0.3 is 12.1 Å². The van der Waals surface area contributed by atoms with Gasteiger partial charge in [0.2, 0.25) is 0 Å². The Morgan fingerprint density at radius 2 is 2.14 bits per heavy atom. The molecule has 0 aromatic carbocycles. The summed E-state index contributed by atoms with van der Waals surface area (Å²) in [5.41, 5.74) is 0. The maximum absolute atomic E-state index is 11.9. The first-order valence-electron chi connectivity index (χ1n) is 4.01. The molecule has 1 rings (SSSR count). The zero-order chi connectivity index (χ0) is 10.8. The molecule has 0 aromatic heterocycles. The quantitative estimate of drug-likeness (QED) is 0.731. The number of hydrogen-bond acceptors (Lipinski definition) is 2. The Hall–Kier alpha value is -0.300. The maximum Gasteiger partial charge on any atom is 0.471 e. The van der Waals surface area contributed by atoms with Crippen molar-refractivity contribution in [3.63, 3.8) is 0 Å². The van der Waals surface area contributed by atoms with Crippen molar-refractivity contribution in [3.8, 4) is 0 Å². The summed E-state index contributed by atoms with van der Waals surface area (Å²) in [5.74, 6) is -1.89. The average Bonchev–Trinajstić information content (AvgIpc) is 2.07. The first-order valence-corrected chi connectivity index (χ1v) is 4.92. The van der Waals surface area contributed by atoms with Crippen LogP contribution in [0.4, 0.5) is 13.2 Å². The van der Waals surface area contributed by atoms with Crippen molar-refractivity contribution >= 4 is 21.8 Å². The van der Waals surface area contributed by atoms with Crippen LogP contribution in [0.5, 0.6) is 0 Å². The molecule has 82 valence electrons. The summed E-state index contributed by atoms with van der Waals surface area (Å²) in [5, 5.41) is 1.92. The molecular formula is C7H9BrF3NO2. The Balaban J connectivity index is 2.46. The second-order valence-electron chi connectivity index (χ2n) is 2.96. The van der Waals surface area contributed by atoms with Gasteiger partial charge in [-0.15, -0.1) is 0 Å². The Labute approximate surface area is 87.1 Å². The summed E-state index contributed by atoms with van der Waals surface area (Å²) in [6.45, 7) is 0.674. The minimum Gasteiger partial charge on any atom is -0.380 e. The van der Waals surface area contributed by atoms with Gasteiger partial charge in [0.15, 0.2) is 0 Å². The summed E-state index contributed by atoms with van der Waals surface area (Å²) in [4.78, 5) is 10.3. The van der Waals surface area contributed by atoms with E-state index >= 15 is 0 Å². The Morgan fingerprint density at radius 3 is 2.64 bits per heavy atom. The van der Waals surface area contributed by atoms with Crippen molar-refractivity contribution in [1.29, 1.82) is 0 Å². The number of carbonyl (C=O) groups is 1. The smallest absolute Gasteiger partial charge is 0.380 e. The van der Waals surface area contributed by atoms with Crippen molar-refractivity contribution in [2.24, 2.45) is 0 Å². The van der Waals surface area contributed by atoms with Gasteiger partial charge in [-0.05, 0) is 6.42 Å². The van der Waals surface area contributed by atoms with Gasteiger partial charge in [-0.25, -0.2) is 0 Å². The first kappa shape index (κ1) is 11.8. The van der Waals surface area contributed by atoms with Gasteiger partial charge in [0.25, 0.3) is 0 Å². The summed E-state index contributed by atoms with van der Waals surface area (Å²) in [7, 11) is 0. The number of amides is 1. The number of nitrogens with one attached hydrogen (secondary N) is 1. The Bertz CT molecular complexity index is 221. The normalized spacial score (nSPS) is 28.6. The van der Waals surface area contributed by atoms with Gasteiger partial charge in [0.1, 0.15) is 0 Å². The van der Waals surface area contributed by atoms with Crippen molar-refractivity contribution in [1.82, 2.24) is 5.32 Å². The van der Waals surface area contributed by atoms with Gasteiger partial charge < -0.3 is 10.1 Å². The van der Waals surface area contributed by atoms with Crippen LogP contribution < -0.4 is 5.32 Å². The van der Waals surface area contributed by atoms with Gasteiger partial charge in [0.05, 0.1) is 11.4 Å². The molecule has 3 nitrogen and oxygen atoms in total. The second kappa shape index (κ2) is 4.48. The van der Waals surface area contributed by atoms with Crippen LogP contribution in [0, 0.1) is 0 Å². The van der Waals surface area contributed by atoms with Crippen LogP contribution in [0.3, 0.4) is 0 Å². The zero-order valence-corrected chi connectivity index (χ0v) is 8.69. The monoisotopic (exact) mass is 275 g/mol. The van der Waals surface area contributed by atoms with E-state index in [1.54, 1.807) is 0 Å². The highest BCUT2D eigenvalue weighted by Gasteiger charge is 2.40. The minimum atomic E-state index is -4.81. The fourth-order valence-electron chi connectivity index (χ4n) is 1.12. The summed E-state index contributed by atoms with van der Waals surface area (Å²) in [6.07, 6.45) is -4.43. The van der Waals surface area contributed by atoms with Crippen LogP contribution >= 0.6 is 15.9 Å². The SMILES string of the molecule is O=C(NC1CCOCC1Br)C(F)(F)F. The zero-order valence-electron chi connectivity index (χ0n) is 7.10. The average molecular weight is 276 g/mol. The molecule has 2 unspecified atom stereocenters. The van der Waals surface area contributed by atoms with Gasteiger partial charge in [-0.3, -0.25) is 4.79 Å². The van der Waals surface area contributed by atoms with Crippen molar-refractivity contribution in [2.75, 3.05) is 13.2 Å². The lowest BCUT2D eigenvalue weighted by molar-refractivity contribution is -0.174. The van der Waals surface area contributed by atoms with E-state index in [1.165, 1.54) is 0 Å². The third-order valence-electron chi connectivity index (χ3n) is 1.86. The van der Waals surface area contributed by atoms with Crippen LogP contribution in [0.2, 0.25) is 0 Å². The highest BCUT2D eigenvalue weighted by molar-refractivity contribution is 9.09. The fraction of sp³-hybridized carbons (Fsp3) is 0.857. The van der Waals surface area contributed by atoms with Crippen LogP contribution in [0.1, 0.15) is 6.42 Å². The molecule has 1 aliphatic heterocycles.